The summed E-state index contributed by atoms with van der Waals surface area (Å²) in [6.07, 6.45) is -0.646. The van der Waals surface area contributed by atoms with Crippen molar-refractivity contribution in [2.75, 3.05) is 28.9 Å². The second-order valence-electron chi connectivity index (χ2n) is 11.4. The number of hydrazine groups is 1. The number of hydrogen-bond donors (Lipinski definition) is 3. The highest BCUT2D eigenvalue weighted by Gasteiger charge is 2.47. The summed E-state index contributed by atoms with van der Waals surface area (Å²) in [5.41, 5.74) is 2.51. The van der Waals surface area contributed by atoms with E-state index in [1.165, 1.54) is 42.1 Å². The summed E-state index contributed by atoms with van der Waals surface area (Å²) < 4.78 is 42.0. The number of carboxylic acid groups (broad SMARTS) is 1. The summed E-state index contributed by atoms with van der Waals surface area (Å²) in [5, 5.41) is 28.3. The van der Waals surface area contributed by atoms with Gasteiger partial charge in [-0.15, -0.1) is 0 Å². The number of aromatic nitrogens is 2. The number of rotatable bonds is 13. The quantitative estimate of drug-likeness (QED) is 0.134. The first kappa shape index (κ1) is 33.6. The van der Waals surface area contributed by atoms with Gasteiger partial charge in [-0.1, -0.05) is 30.3 Å². The lowest BCUT2D eigenvalue weighted by Crippen LogP contribution is -2.59. The number of amides is 1. The van der Waals surface area contributed by atoms with E-state index in [0.717, 1.165) is 23.1 Å². The van der Waals surface area contributed by atoms with Crippen molar-refractivity contribution in [3.8, 4) is 11.8 Å². The van der Waals surface area contributed by atoms with Crippen LogP contribution in [0.1, 0.15) is 52.1 Å². The molecule has 1 aliphatic rings. The Morgan fingerprint density at radius 2 is 1.83 bits per heavy atom. The van der Waals surface area contributed by atoms with Crippen molar-refractivity contribution in [2.24, 2.45) is 5.92 Å². The number of thioether (sulfide) groups is 1. The summed E-state index contributed by atoms with van der Waals surface area (Å²) in [5.74, 6) is -1.08. The largest absolute Gasteiger partial charge is 0.479 e. The Morgan fingerprint density at radius 3 is 2.49 bits per heavy atom. The third-order valence-corrected chi connectivity index (χ3v) is 8.56. The number of nitrogens with one attached hydrogen (secondary N) is 2. The van der Waals surface area contributed by atoms with E-state index in [2.05, 4.69) is 15.8 Å². The van der Waals surface area contributed by atoms with Crippen LogP contribution in [0.15, 0.2) is 78.9 Å². The van der Waals surface area contributed by atoms with Gasteiger partial charge in [0.05, 0.1) is 23.0 Å². The van der Waals surface area contributed by atoms with Gasteiger partial charge in [0.2, 0.25) is 0 Å². The van der Waals surface area contributed by atoms with Crippen LogP contribution in [0.25, 0.3) is 5.69 Å². The Morgan fingerprint density at radius 1 is 1.09 bits per heavy atom. The molecule has 4 aromatic rings. The van der Waals surface area contributed by atoms with Gasteiger partial charge in [0, 0.05) is 18.3 Å². The number of halogens is 3. The number of nitriles is 1. The van der Waals surface area contributed by atoms with Gasteiger partial charge in [0.15, 0.2) is 11.2 Å². The smallest absolute Gasteiger partial charge is 0.435 e. The van der Waals surface area contributed by atoms with E-state index in [1.54, 1.807) is 23.2 Å². The minimum Gasteiger partial charge on any atom is -0.479 e. The zero-order valence-corrected chi connectivity index (χ0v) is 26.5. The standard InChI is InChI=1S/C34H33F3N6O3S/c1-22-6-3-11-28(16-22)43(39-21-23-12-13-23)33(32(45)46,14-15-47-2)25-8-5-9-26(18-25)40-31(44)29-19-30(34(35,36)37)41-42(29)27-10-4-7-24(17-27)20-38/h3-11,16-19,23,39H,12-15,21H2,1-2H3,(H,40,44)(H,45,46)/t33-/m0/s1. The van der Waals surface area contributed by atoms with Gasteiger partial charge in [-0.05, 0) is 97.7 Å². The van der Waals surface area contributed by atoms with Crippen LogP contribution in [0.2, 0.25) is 0 Å². The summed E-state index contributed by atoms with van der Waals surface area (Å²) in [6.45, 7) is 2.51. The van der Waals surface area contributed by atoms with Crippen molar-refractivity contribution >= 4 is 35.0 Å². The molecule has 1 aromatic heterocycles. The van der Waals surface area contributed by atoms with E-state index in [-0.39, 0.29) is 23.4 Å². The fourth-order valence-electron chi connectivity index (χ4n) is 5.35. The monoisotopic (exact) mass is 662 g/mol. The predicted molar refractivity (Wildman–Crippen MR) is 174 cm³/mol. The van der Waals surface area contributed by atoms with Gasteiger partial charge in [0.25, 0.3) is 5.91 Å². The molecule has 3 aromatic carbocycles. The molecule has 47 heavy (non-hydrogen) atoms. The second-order valence-corrected chi connectivity index (χ2v) is 12.4. The lowest BCUT2D eigenvalue weighted by molar-refractivity contribution is -0.144. The SMILES string of the molecule is CSCC[C@@](C(=O)O)(c1cccc(NC(=O)c2cc(C(F)(F)F)nn2-c2cccc(C#N)c2)c1)N(NCC1CC1)c1cccc(C)c1. The Labute approximate surface area is 274 Å². The summed E-state index contributed by atoms with van der Waals surface area (Å²) in [6, 6.07) is 22.2. The van der Waals surface area contributed by atoms with Crippen molar-refractivity contribution in [3.63, 3.8) is 0 Å². The van der Waals surface area contributed by atoms with Crippen LogP contribution in [0.5, 0.6) is 0 Å². The molecule has 0 saturated heterocycles. The van der Waals surface area contributed by atoms with Crippen LogP contribution < -0.4 is 15.8 Å². The molecule has 3 N–H and O–H groups in total. The highest BCUT2D eigenvalue weighted by Crippen LogP contribution is 2.39. The summed E-state index contributed by atoms with van der Waals surface area (Å²) in [4.78, 5) is 27.1. The molecular weight excluding hydrogens is 629 g/mol. The van der Waals surface area contributed by atoms with Gasteiger partial charge < -0.3 is 10.4 Å². The highest BCUT2D eigenvalue weighted by molar-refractivity contribution is 7.98. The van der Waals surface area contributed by atoms with Gasteiger partial charge in [0.1, 0.15) is 5.69 Å². The molecule has 244 valence electrons. The number of anilines is 2. The van der Waals surface area contributed by atoms with Crippen LogP contribution in [-0.2, 0) is 16.5 Å². The zero-order chi connectivity index (χ0) is 33.8. The molecule has 1 atom stereocenters. The first-order valence-electron chi connectivity index (χ1n) is 14.9. The van der Waals surface area contributed by atoms with Crippen molar-refractivity contribution in [1.82, 2.24) is 15.2 Å². The Balaban J connectivity index is 1.57. The molecule has 1 aliphatic carbocycles. The molecule has 0 spiro atoms. The maximum atomic E-state index is 13.7. The molecule has 1 amide bonds. The number of aryl methyl sites for hydroxylation is 1. The minimum absolute atomic E-state index is 0.0935. The first-order valence-corrected chi connectivity index (χ1v) is 16.3. The molecule has 9 nitrogen and oxygen atoms in total. The zero-order valence-electron chi connectivity index (χ0n) is 25.7. The topological polar surface area (TPSA) is 123 Å². The van der Waals surface area contributed by atoms with E-state index in [9.17, 15) is 33.1 Å². The van der Waals surface area contributed by atoms with Crippen molar-refractivity contribution in [1.29, 1.82) is 5.26 Å². The molecule has 0 radical (unpaired) electrons. The van der Waals surface area contributed by atoms with Crippen molar-refractivity contribution in [3.05, 3.63) is 107 Å². The molecule has 1 heterocycles. The average molecular weight is 663 g/mol. The fourth-order valence-corrected chi connectivity index (χ4v) is 5.85. The molecule has 5 rings (SSSR count). The lowest BCUT2D eigenvalue weighted by Gasteiger charge is -2.43. The van der Waals surface area contributed by atoms with E-state index in [4.69, 9.17) is 0 Å². The lowest BCUT2D eigenvalue weighted by atomic mass is 9.85. The molecular formula is C34H33F3N6O3S. The van der Waals surface area contributed by atoms with Gasteiger partial charge >= 0.3 is 12.1 Å². The van der Waals surface area contributed by atoms with E-state index >= 15 is 0 Å². The van der Waals surface area contributed by atoms with Crippen LogP contribution in [-0.4, -0.2) is 45.3 Å². The van der Waals surface area contributed by atoms with Crippen LogP contribution in [0.4, 0.5) is 24.5 Å². The Bertz CT molecular complexity index is 1820. The Kier molecular flexibility index (Phi) is 9.93. The number of carbonyl (C=O) groups is 2. The van der Waals surface area contributed by atoms with Crippen LogP contribution >= 0.6 is 11.8 Å². The Hall–Kier alpha value is -4.80. The second kappa shape index (κ2) is 13.9. The number of carbonyl (C=O) groups excluding carboxylic acids is 1. The normalized spacial score (nSPS) is 14.2. The molecule has 0 aliphatic heterocycles. The summed E-state index contributed by atoms with van der Waals surface area (Å²) in [7, 11) is 0. The molecule has 0 bridgehead atoms. The number of alkyl halides is 3. The van der Waals surface area contributed by atoms with E-state index in [0.29, 0.717) is 35.5 Å². The molecule has 1 fully saturated rings. The number of benzene rings is 3. The maximum Gasteiger partial charge on any atom is 0.435 e. The van der Waals surface area contributed by atoms with Crippen LogP contribution in [0, 0.1) is 24.2 Å². The van der Waals surface area contributed by atoms with Crippen molar-refractivity contribution < 1.29 is 27.9 Å². The van der Waals surface area contributed by atoms with E-state index < -0.39 is 35.0 Å². The van der Waals surface area contributed by atoms with Gasteiger partial charge in [-0.2, -0.15) is 35.3 Å². The molecule has 0 unspecified atom stereocenters. The number of nitrogens with zero attached hydrogens (tertiary/aromatic N) is 4. The third-order valence-electron chi connectivity index (χ3n) is 7.95. The number of carboxylic acids is 1. The first-order chi connectivity index (χ1) is 22.5. The number of hydrogen-bond acceptors (Lipinski definition) is 7. The summed E-state index contributed by atoms with van der Waals surface area (Å²) >= 11 is 1.50. The highest BCUT2D eigenvalue weighted by atomic mass is 32.2. The third kappa shape index (κ3) is 7.45. The maximum absolute atomic E-state index is 13.7. The number of aliphatic carboxylic acids is 1. The van der Waals surface area contributed by atoms with Crippen molar-refractivity contribution in [2.45, 2.75) is 37.9 Å². The van der Waals surface area contributed by atoms with Crippen LogP contribution in [0.3, 0.4) is 0 Å². The fraction of sp³-hybridized carbons (Fsp3) is 0.294. The average Bonchev–Trinajstić information content (AvgIpc) is 3.75. The minimum atomic E-state index is -4.84. The molecule has 13 heteroatoms. The van der Waals surface area contributed by atoms with E-state index in [1.807, 2.05) is 43.5 Å². The predicted octanol–water partition coefficient (Wildman–Crippen LogP) is 6.78. The van der Waals surface area contributed by atoms with Gasteiger partial charge in [-0.25, -0.2) is 14.9 Å². The molecule has 1 saturated carbocycles. The van der Waals surface area contributed by atoms with Gasteiger partial charge in [-0.3, -0.25) is 9.80 Å².